The summed E-state index contributed by atoms with van der Waals surface area (Å²) in [4.78, 5) is 4.53. The van der Waals surface area contributed by atoms with Crippen molar-refractivity contribution in [3.8, 4) is 28.7 Å². The zero-order chi connectivity index (χ0) is 17.8. The molecule has 0 aliphatic rings. The number of benzene rings is 2. The maximum Gasteiger partial charge on any atom is 0.227 e. The van der Waals surface area contributed by atoms with Gasteiger partial charge in [0, 0.05) is 17.3 Å². The van der Waals surface area contributed by atoms with Crippen molar-refractivity contribution in [2.45, 2.75) is 20.8 Å². The maximum atomic E-state index is 5.86. The van der Waals surface area contributed by atoms with Gasteiger partial charge in [-0.1, -0.05) is 0 Å². The van der Waals surface area contributed by atoms with E-state index in [0.29, 0.717) is 54.2 Å². The van der Waals surface area contributed by atoms with Gasteiger partial charge in [-0.3, -0.25) is 0 Å². The summed E-state index contributed by atoms with van der Waals surface area (Å²) >= 11 is 0. The standard InChI is InChI=1S/C19H22N2O4/c1-4-22-16-9-12(10-17(23-5-2)18(16)24-6-3)19-21-14-8-7-13(20)11-15(14)25-19/h7-11H,4-6,20H2,1-3H3. The molecular weight excluding hydrogens is 320 g/mol. The Morgan fingerprint density at radius 1 is 0.920 bits per heavy atom. The van der Waals surface area contributed by atoms with Gasteiger partial charge >= 0.3 is 0 Å². The highest BCUT2D eigenvalue weighted by atomic mass is 16.5. The van der Waals surface area contributed by atoms with Crippen LogP contribution in [-0.4, -0.2) is 24.8 Å². The molecule has 25 heavy (non-hydrogen) atoms. The summed E-state index contributed by atoms with van der Waals surface area (Å²) in [6.07, 6.45) is 0. The Bertz CT molecular complexity index is 846. The van der Waals surface area contributed by atoms with Gasteiger partial charge in [-0.15, -0.1) is 0 Å². The fraction of sp³-hybridized carbons (Fsp3) is 0.316. The summed E-state index contributed by atoms with van der Waals surface area (Å²) in [6.45, 7) is 7.31. The quantitative estimate of drug-likeness (QED) is 0.646. The van der Waals surface area contributed by atoms with Gasteiger partial charge in [0.1, 0.15) is 5.52 Å². The third kappa shape index (κ3) is 3.47. The Hall–Kier alpha value is -2.89. The predicted octanol–water partition coefficient (Wildman–Crippen LogP) is 4.27. The first kappa shape index (κ1) is 17.0. The monoisotopic (exact) mass is 342 g/mol. The number of ether oxygens (including phenoxy) is 3. The lowest BCUT2D eigenvalue weighted by atomic mass is 10.1. The normalized spacial score (nSPS) is 10.8. The maximum absolute atomic E-state index is 5.86. The van der Waals surface area contributed by atoms with Gasteiger partial charge in [0.05, 0.1) is 19.8 Å². The first-order valence-corrected chi connectivity index (χ1v) is 8.39. The van der Waals surface area contributed by atoms with Crippen LogP contribution < -0.4 is 19.9 Å². The van der Waals surface area contributed by atoms with Crippen LogP contribution in [0.4, 0.5) is 5.69 Å². The molecule has 0 unspecified atom stereocenters. The zero-order valence-electron chi connectivity index (χ0n) is 14.7. The lowest BCUT2D eigenvalue weighted by molar-refractivity contribution is 0.261. The molecule has 0 atom stereocenters. The van der Waals surface area contributed by atoms with Crippen molar-refractivity contribution in [1.29, 1.82) is 0 Å². The van der Waals surface area contributed by atoms with E-state index in [1.165, 1.54) is 0 Å². The number of hydrogen-bond acceptors (Lipinski definition) is 6. The topological polar surface area (TPSA) is 79.7 Å². The van der Waals surface area contributed by atoms with Gasteiger partial charge in [0.15, 0.2) is 17.1 Å². The van der Waals surface area contributed by atoms with Crippen LogP contribution in [0, 0.1) is 0 Å². The van der Waals surface area contributed by atoms with Crippen LogP contribution in [0.3, 0.4) is 0 Å². The fourth-order valence-corrected chi connectivity index (χ4v) is 2.58. The molecule has 0 radical (unpaired) electrons. The fourth-order valence-electron chi connectivity index (χ4n) is 2.58. The molecule has 132 valence electrons. The van der Waals surface area contributed by atoms with E-state index in [9.17, 15) is 0 Å². The van der Waals surface area contributed by atoms with Gasteiger partial charge in [0.2, 0.25) is 11.6 Å². The summed E-state index contributed by atoms with van der Waals surface area (Å²) in [7, 11) is 0. The van der Waals surface area contributed by atoms with E-state index in [1.54, 1.807) is 12.1 Å². The Kier molecular flexibility index (Phi) is 4.97. The van der Waals surface area contributed by atoms with E-state index < -0.39 is 0 Å². The van der Waals surface area contributed by atoms with Crippen LogP contribution >= 0.6 is 0 Å². The van der Waals surface area contributed by atoms with Crippen molar-refractivity contribution < 1.29 is 18.6 Å². The molecule has 0 aliphatic heterocycles. The average Bonchev–Trinajstić information content (AvgIpc) is 3.01. The number of nitrogen functional groups attached to an aromatic ring is 1. The van der Waals surface area contributed by atoms with Crippen LogP contribution in [0.5, 0.6) is 17.2 Å². The van der Waals surface area contributed by atoms with Crippen molar-refractivity contribution in [1.82, 2.24) is 4.98 Å². The minimum atomic E-state index is 0.477. The first-order valence-electron chi connectivity index (χ1n) is 8.39. The molecule has 0 spiro atoms. The number of anilines is 1. The third-order valence-electron chi connectivity index (χ3n) is 3.57. The molecule has 6 nitrogen and oxygen atoms in total. The van der Waals surface area contributed by atoms with Gasteiger partial charge in [-0.25, -0.2) is 4.98 Å². The summed E-state index contributed by atoms with van der Waals surface area (Å²) in [6, 6.07) is 9.09. The lowest BCUT2D eigenvalue weighted by Crippen LogP contribution is -2.03. The van der Waals surface area contributed by atoms with Crippen LogP contribution in [-0.2, 0) is 0 Å². The molecule has 2 N–H and O–H groups in total. The highest BCUT2D eigenvalue weighted by molar-refractivity contribution is 5.80. The molecule has 0 amide bonds. The van der Waals surface area contributed by atoms with E-state index in [2.05, 4.69) is 4.98 Å². The SMILES string of the molecule is CCOc1cc(-c2nc3ccc(N)cc3o2)cc(OCC)c1OCC. The predicted molar refractivity (Wildman–Crippen MR) is 97.4 cm³/mol. The highest BCUT2D eigenvalue weighted by Gasteiger charge is 2.18. The van der Waals surface area contributed by atoms with E-state index in [1.807, 2.05) is 39.0 Å². The third-order valence-corrected chi connectivity index (χ3v) is 3.57. The van der Waals surface area contributed by atoms with Gasteiger partial charge in [-0.2, -0.15) is 0 Å². The Morgan fingerprint density at radius 2 is 1.56 bits per heavy atom. The average molecular weight is 342 g/mol. The molecule has 3 aromatic rings. The Morgan fingerprint density at radius 3 is 2.16 bits per heavy atom. The largest absolute Gasteiger partial charge is 0.490 e. The summed E-state index contributed by atoms with van der Waals surface area (Å²) in [5, 5.41) is 0. The Labute approximate surface area is 146 Å². The molecular formula is C19H22N2O4. The zero-order valence-corrected chi connectivity index (χ0v) is 14.7. The summed E-state index contributed by atoms with van der Waals surface area (Å²) in [5.41, 5.74) is 8.58. The van der Waals surface area contributed by atoms with E-state index in [-0.39, 0.29) is 0 Å². The smallest absolute Gasteiger partial charge is 0.227 e. The highest BCUT2D eigenvalue weighted by Crippen LogP contribution is 2.42. The molecule has 3 rings (SSSR count). The molecule has 2 aromatic carbocycles. The number of rotatable bonds is 7. The summed E-state index contributed by atoms with van der Waals surface area (Å²) < 4.78 is 23.1. The van der Waals surface area contributed by atoms with E-state index in [4.69, 9.17) is 24.4 Å². The van der Waals surface area contributed by atoms with Gasteiger partial charge in [0.25, 0.3) is 0 Å². The van der Waals surface area contributed by atoms with Crippen molar-refractivity contribution in [3.05, 3.63) is 30.3 Å². The minimum absolute atomic E-state index is 0.477. The number of nitrogens with two attached hydrogens (primary N) is 1. The Balaban J connectivity index is 2.12. The second kappa shape index (κ2) is 7.34. The van der Waals surface area contributed by atoms with Crippen LogP contribution in [0.2, 0.25) is 0 Å². The molecule has 6 heteroatoms. The molecule has 0 bridgehead atoms. The number of hydrogen-bond donors (Lipinski definition) is 1. The second-order valence-electron chi connectivity index (χ2n) is 5.35. The number of nitrogens with zero attached hydrogens (tertiary/aromatic N) is 1. The minimum Gasteiger partial charge on any atom is -0.490 e. The van der Waals surface area contributed by atoms with Gasteiger partial charge < -0.3 is 24.4 Å². The number of fused-ring (bicyclic) bond motifs is 1. The van der Waals surface area contributed by atoms with E-state index >= 15 is 0 Å². The van der Waals surface area contributed by atoms with Crippen molar-refractivity contribution in [2.24, 2.45) is 0 Å². The molecule has 0 fully saturated rings. The van der Waals surface area contributed by atoms with Crippen LogP contribution in [0.1, 0.15) is 20.8 Å². The molecule has 0 aliphatic carbocycles. The van der Waals surface area contributed by atoms with E-state index in [0.717, 1.165) is 11.1 Å². The first-order chi connectivity index (χ1) is 12.2. The number of oxazole rings is 1. The molecule has 1 aromatic heterocycles. The lowest BCUT2D eigenvalue weighted by Gasteiger charge is -2.16. The van der Waals surface area contributed by atoms with Crippen molar-refractivity contribution in [2.75, 3.05) is 25.6 Å². The van der Waals surface area contributed by atoms with Gasteiger partial charge in [-0.05, 0) is 45.0 Å². The van der Waals surface area contributed by atoms with Crippen LogP contribution in [0.25, 0.3) is 22.6 Å². The number of aromatic nitrogens is 1. The molecule has 1 heterocycles. The van der Waals surface area contributed by atoms with Crippen LogP contribution in [0.15, 0.2) is 34.7 Å². The molecule has 0 saturated heterocycles. The van der Waals surface area contributed by atoms with Crippen molar-refractivity contribution >= 4 is 16.8 Å². The second-order valence-corrected chi connectivity index (χ2v) is 5.35. The molecule has 0 saturated carbocycles. The summed E-state index contributed by atoms with van der Waals surface area (Å²) in [5.74, 6) is 2.28. The van der Waals surface area contributed by atoms with Crippen molar-refractivity contribution in [3.63, 3.8) is 0 Å².